The molecule has 72 valence electrons. The third-order valence-electron chi connectivity index (χ3n) is 2.19. The van der Waals surface area contributed by atoms with Crippen molar-refractivity contribution in [2.75, 3.05) is 0 Å². The van der Waals surface area contributed by atoms with E-state index in [1.807, 2.05) is 13.0 Å². The van der Waals surface area contributed by atoms with Gasteiger partial charge in [-0.3, -0.25) is 0 Å². The largest absolute Gasteiger partial charge is 0.452 e. The molecule has 0 amide bonds. The van der Waals surface area contributed by atoms with Crippen molar-refractivity contribution in [2.24, 2.45) is 0 Å². The number of carbonyl (C=O) groups is 1. The summed E-state index contributed by atoms with van der Waals surface area (Å²) in [5, 5.41) is 0. The fraction of sp³-hybridized carbons (Fsp3) is 0.545. The highest BCUT2D eigenvalue weighted by Crippen LogP contribution is 2.26. The first-order chi connectivity index (χ1) is 6.03. The molecule has 1 unspecified atom stereocenters. The summed E-state index contributed by atoms with van der Waals surface area (Å²) in [4.78, 5) is 11.3. The predicted molar refractivity (Wildman–Crippen MR) is 52.3 cm³/mol. The van der Waals surface area contributed by atoms with Crippen molar-refractivity contribution >= 4 is 5.97 Å². The van der Waals surface area contributed by atoms with Gasteiger partial charge in [0.1, 0.15) is 5.60 Å². The molecule has 1 atom stereocenters. The van der Waals surface area contributed by atoms with E-state index in [4.69, 9.17) is 4.74 Å². The second-order valence-corrected chi connectivity index (χ2v) is 3.78. The Morgan fingerprint density at radius 3 is 2.77 bits per heavy atom. The molecule has 0 N–H and O–H groups in total. The lowest BCUT2D eigenvalue weighted by molar-refractivity contribution is -0.149. The second kappa shape index (κ2) is 3.77. The molecule has 1 rings (SSSR count). The van der Waals surface area contributed by atoms with E-state index in [9.17, 15) is 4.79 Å². The van der Waals surface area contributed by atoms with E-state index in [1.54, 1.807) is 6.92 Å². The third-order valence-corrected chi connectivity index (χ3v) is 2.19. The Balaban J connectivity index is 2.61. The lowest BCUT2D eigenvalue weighted by atomic mass is 9.93. The first-order valence-electron chi connectivity index (χ1n) is 4.60. The highest BCUT2D eigenvalue weighted by Gasteiger charge is 2.27. The van der Waals surface area contributed by atoms with Crippen molar-refractivity contribution in [3.63, 3.8) is 0 Å². The number of carbonyl (C=O) groups excluding carboxylic acids is 1. The summed E-state index contributed by atoms with van der Waals surface area (Å²) in [6.45, 7) is 7.15. The quantitative estimate of drug-likeness (QED) is 0.371. The number of hydrogen-bond donors (Lipinski definition) is 0. The molecule has 0 spiro atoms. The fourth-order valence-electron chi connectivity index (χ4n) is 1.37. The van der Waals surface area contributed by atoms with Crippen molar-refractivity contribution in [2.45, 2.75) is 38.7 Å². The topological polar surface area (TPSA) is 26.3 Å². The van der Waals surface area contributed by atoms with Crippen LogP contribution in [0.25, 0.3) is 0 Å². The van der Waals surface area contributed by atoms with Gasteiger partial charge in [0.05, 0.1) is 0 Å². The fourth-order valence-corrected chi connectivity index (χ4v) is 1.37. The van der Waals surface area contributed by atoms with Crippen LogP contribution in [-0.4, -0.2) is 11.6 Å². The van der Waals surface area contributed by atoms with Crippen LogP contribution in [0.4, 0.5) is 0 Å². The molecule has 0 aromatic rings. The summed E-state index contributed by atoms with van der Waals surface area (Å²) in [5.74, 6) is -0.297. The third kappa shape index (κ3) is 2.72. The lowest BCUT2D eigenvalue weighted by Gasteiger charge is -2.28. The van der Waals surface area contributed by atoms with Crippen LogP contribution in [0.3, 0.4) is 0 Å². The van der Waals surface area contributed by atoms with E-state index in [2.05, 4.69) is 12.7 Å². The molecule has 0 heterocycles. The molecular weight excluding hydrogens is 164 g/mol. The van der Waals surface area contributed by atoms with Crippen LogP contribution in [0.1, 0.15) is 33.1 Å². The zero-order chi connectivity index (χ0) is 9.90. The second-order valence-electron chi connectivity index (χ2n) is 3.78. The molecule has 0 aromatic carbocycles. The molecule has 0 aromatic heterocycles. The van der Waals surface area contributed by atoms with Gasteiger partial charge in [-0.15, -0.1) is 0 Å². The van der Waals surface area contributed by atoms with Crippen LogP contribution < -0.4 is 0 Å². The average Bonchev–Trinajstić information content (AvgIpc) is 2.04. The summed E-state index contributed by atoms with van der Waals surface area (Å²) >= 11 is 0. The van der Waals surface area contributed by atoms with Gasteiger partial charge < -0.3 is 4.74 Å². The summed E-state index contributed by atoms with van der Waals surface area (Å²) in [5.41, 5.74) is 0.0501. The molecule has 0 fully saturated rings. The maximum absolute atomic E-state index is 11.3. The highest BCUT2D eigenvalue weighted by molar-refractivity contribution is 5.87. The Hall–Kier alpha value is -1.05. The number of rotatable bonds is 2. The average molecular weight is 180 g/mol. The molecule has 2 heteroatoms. The molecule has 13 heavy (non-hydrogen) atoms. The van der Waals surface area contributed by atoms with Gasteiger partial charge in [-0.2, -0.15) is 0 Å². The molecule has 1 aliphatic rings. The smallest absolute Gasteiger partial charge is 0.333 e. The van der Waals surface area contributed by atoms with Crippen LogP contribution in [0.5, 0.6) is 0 Å². The summed E-state index contributed by atoms with van der Waals surface area (Å²) < 4.78 is 5.31. The van der Waals surface area contributed by atoms with Gasteiger partial charge in [-0.05, 0) is 39.2 Å². The highest BCUT2D eigenvalue weighted by atomic mass is 16.6. The summed E-state index contributed by atoms with van der Waals surface area (Å²) in [7, 11) is 0. The first-order valence-corrected chi connectivity index (χ1v) is 4.60. The molecule has 2 nitrogen and oxygen atoms in total. The zero-order valence-corrected chi connectivity index (χ0v) is 8.30. The number of esters is 1. The molecular formula is C11H16O2. The summed E-state index contributed by atoms with van der Waals surface area (Å²) in [6.07, 6.45) is 7.10. The SMILES string of the molecule is C=C(C)C(=O)OC1(C)C=CCCC1. The summed E-state index contributed by atoms with van der Waals surface area (Å²) in [6, 6.07) is 0. The Morgan fingerprint density at radius 2 is 2.31 bits per heavy atom. The van der Waals surface area contributed by atoms with Crippen molar-refractivity contribution in [3.05, 3.63) is 24.3 Å². The van der Waals surface area contributed by atoms with Crippen LogP contribution in [0, 0.1) is 0 Å². The van der Waals surface area contributed by atoms with Gasteiger partial charge in [0.25, 0.3) is 0 Å². The molecule has 0 saturated carbocycles. The van der Waals surface area contributed by atoms with Crippen LogP contribution in [-0.2, 0) is 9.53 Å². The number of allylic oxidation sites excluding steroid dienone is 1. The minimum Gasteiger partial charge on any atom is -0.452 e. The van der Waals surface area contributed by atoms with Gasteiger partial charge in [0.15, 0.2) is 0 Å². The van der Waals surface area contributed by atoms with Crippen molar-refractivity contribution in [3.8, 4) is 0 Å². The van der Waals surface area contributed by atoms with Crippen molar-refractivity contribution in [1.29, 1.82) is 0 Å². The molecule has 0 aliphatic heterocycles. The van der Waals surface area contributed by atoms with Crippen molar-refractivity contribution < 1.29 is 9.53 Å². The molecule has 0 radical (unpaired) electrons. The van der Waals surface area contributed by atoms with E-state index in [0.717, 1.165) is 19.3 Å². The normalized spacial score (nSPS) is 26.9. The monoisotopic (exact) mass is 180 g/mol. The van der Waals surface area contributed by atoms with Gasteiger partial charge in [0, 0.05) is 5.57 Å². The predicted octanol–water partition coefficient (Wildman–Crippen LogP) is 2.60. The molecule has 0 bridgehead atoms. The minimum absolute atomic E-state index is 0.297. The maximum atomic E-state index is 11.3. The van der Waals surface area contributed by atoms with Crippen molar-refractivity contribution in [1.82, 2.24) is 0 Å². The Labute approximate surface area is 79.3 Å². The number of hydrogen-bond acceptors (Lipinski definition) is 2. The van der Waals surface area contributed by atoms with Crippen LogP contribution in [0.15, 0.2) is 24.3 Å². The Morgan fingerprint density at radius 1 is 1.62 bits per heavy atom. The Kier molecular flexibility index (Phi) is 2.91. The van der Waals surface area contributed by atoms with E-state index in [-0.39, 0.29) is 5.97 Å². The van der Waals surface area contributed by atoms with E-state index in [0.29, 0.717) is 5.57 Å². The molecule has 0 saturated heterocycles. The maximum Gasteiger partial charge on any atom is 0.333 e. The van der Waals surface area contributed by atoms with Crippen LogP contribution in [0.2, 0.25) is 0 Å². The van der Waals surface area contributed by atoms with E-state index in [1.165, 1.54) is 0 Å². The zero-order valence-electron chi connectivity index (χ0n) is 8.30. The molecule has 1 aliphatic carbocycles. The van der Waals surface area contributed by atoms with Gasteiger partial charge in [0.2, 0.25) is 0 Å². The standard InChI is InChI=1S/C11H16O2/c1-9(2)10(12)13-11(3)7-5-4-6-8-11/h5,7H,1,4,6,8H2,2-3H3. The van der Waals surface area contributed by atoms with E-state index >= 15 is 0 Å². The van der Waals surface area contributed by atoms with E-state index < -0.39 is 5.60 Å². The lowest BCUT2D eigenvalue weighted by Crippen LogP contribution is -2.31. The minimum atomic E-state index is -0.408. The van der Waals surface area contributed by atoms with Gasteiger partial charge in [-0.1, -0.05) is 12.7 Å². The van der Waals surface area contributed by atoms with Gasteiger partial charge >= 0.3 is 5.97 Å². The first kappa shape index (κ1) is 10.0. The van der Waals surface area contributed by atoms with Crippen LogP contribution >= 0.6 is 0 Å². The number of ether oxygens (including phenoxy) is 1. The van der Waals surface area contributed by atoms with Gasteiger partial charge in [-0.25, -0.2) is 4.79 Å². The Bertz CT molecular complexity index is 253.